The summed E-state index contributed by atoms with van der Waals surface area (Å²) in [6.07, 6.45) is 2.77. The number of imide groups is 1. The first kappa shape index (κ1) is 21.3. The quantitative estimate of drug-likeness (QED) is 0.547. The van der Waals surface area contributed by atoms with Crippen LogP contribution in [0.4, 0.5) is 4.79 Å². The summed E-state index contributed by atoms with van der Waals surface area (Å²) in [4.78, 5) is 38.2. The maximum absolute atomic E-state index is 12.7. The van der Waals surface area contributed by atoms with Gasteiger partial charge in [-0.05, 0) is 56.5 Å². The van der Waals surface area contributed by atoms with Crippen molar-refractivity contribution in [2.75, 3.05) is 6.61 Å². The maximum Gasteiger partial charge on any atom is 0.417 e. The molecule has 1 saturated heterocycles. The third kappa shape index (κ3) is 5.56. The Morgan fingerprint density at radius 1 is 1.13 bits per heavy atom. The number of esters is 1. The van der Waals surface area contributed by atoms with Gasteiger partial charge in [0.25, 0.3) is 5.91 Å². The van der Waals surface area contributed by atoms with Crippen LogP contribution >= 0.6 is 0 Å². The number of ether oxygens (including phenoxy) is 2. The van der Waals surface area contributed by atoms with Crippen molar-refractivity contribution < 1.29 is 23.9 Å². The zero-order valence-electron chi connectivity index (χ0n) is 17.3. The molecule has 1 unspecified atom stereocenters. The Morgan fingerprint density at radius 2 is 1.87 bits per heavy atom. The molecular formula is C24H25NO5. The molecule has 1 aliphatic heterocycles. The molecule has 0 spiro atoms. The predicted octanol–water partition coefficient (Wildman–Crippen LogP) is 4.25. The molecule has 2 aromatic rings. The van der Waals surface area contributed by atoms with Crippen molar-refractivity contribution in [3.05, 3.63) is 77.4 Å². The molecule has 0 N–H and O–H groups in total. The van der Waals surface area contributed by atoms with Crippen LogP contribution in [-0.2, 0) is 20.7 Å². The van der Waals surface area contributed by atoms with E-state index in [2.05, 4.69) is 0 Å². The third-order valence-electron chi connectivity index (χ3n) is 4.45. The molecule has 2 amide bonds. The molecule has 1 aliphatic rings. The predicted molar refractivity (Wildman–Crippen MR) is 113 cm³/mol. The second-order valence-corrected chi connectivity index (χ2v) is 8.09. The zero-order valence-corrected chi connectivity index (χ0v) is 17.3. The van der Waals surface area contributed by atoms with Crippen LogP contribution in [0.15, 0.2) is 60.7 Å². The van der Waals surface area contributed by atoms with Crippen molar-refractivity contribution >= 4 is 24.0 Å². The summed E-state index contributed by atoms with van der Waals surface area (Å²) in [7, 11) is 0. The summed E-state index contributed by atoms with van der Waals surface area (Å²) in [6.45, 7) is 5.57. The fourth-order valence-electron chi connectivity index (χ4n) is 3.12. The molecule has 6 heteroatoms. The van der Waals surface area contributed by atoms with Gasteiger partial charge in [-0.3, -0.25) is 4.79 Å². The van der Waals surface area contributed by atoms with Gasteiger partial charge in [-0.15, -0.1) is 0 Å². The van der Waals surface area contributed by atoms with Gasteiger partial charge in [-0.2, -0.15) is 0 Å². The number of hydrogen-bond donors (Lipinski definition) is 0. The summed E-state index contributed by atoms with van der Waals surface area (Å²) in [5.74, 6) is -0.892. The Morgan fingerprint density at radius 3 is 2.57 bits per heavy atom. The molecule has 0 saturated carbocycles. The maximum atomic E-state index is 12.7. The number of cyclic esters (lactones) is 1. The normalized spacial score (nSPS) is 16.6. The Labute approximate surface area is 176 Å². The summed E-state index contributed by atoms with van der Waals surface area (Å²) in [5.41, 5.74) is 1.47. The number of hydrogen-bond acceptors (Lipinski definition) is 5. The topological polar surface area (TPSA) is 72.9 Å². The molecule has 0 bridgehead atoms. The summed E-state index contributed by atoms with van der Waals surface area (Å²) >= 11 is 0. The van der Waals surface area contributed by atoms with E-state index in [9.17, 15) is 14.4 Å². The molecule has 156 valence electrons. The molecule has 0 radical (unpaired) electrons. The van der Waals surface area contributed by atoms with Crippen molar-refractivity contribution in [2.24, 2.45) is 0 Å². The minimum Gasteiger partial charge on any atom is -0.456 e. The van der Waals surface area contributed by atoms with E-state index in [1.54, 1.807) is 51.1 Å². The molecular weight excluding hydrogens is 382 g/mol. The van der Waals surface area contributed by atoms with E-state index in [1.807, 2.05) is 30.3 Å². The van der Waals surface area contributed by atoms with Gasteiger partial charge in [0.1, 0.15) is 12.2 Å². The molecule has 2 aromatic carbocycles. The standard InChI is InChI=1S/C24H25NO5/c1-24(2,3)30-22(27)19-11-7-10-18(14-19)12-13-21(26)25-20(16-29-23(25)28)15-17-8-5-4-6-9-17/h4-14,20H,15-16H2,1-3H3. The molecule has 0 aliphatic carbocycles. The van der Waals surface area contributed by atoms with Crippen LogP contribution in [0.1, 0.15) is 42.3 Å². The average Bonchev–Trinajstić information content (AvgIpc) is 3.06. The summed E-state index contributed by atoms with van der Waals surface area (Å²) in [6, 6.07) is 16.1. The van der Waals surface area contributed by atoms with Gasteiger partial charge < -0.3 is 9.47 Å². The highest BCUT2D eigenvalue weighted by Crippen LogP contribution is 2.19. The lowest BCUT2D eigenvalue weighted by Gasteiger charge is -2.19. The molecule has 6 nitrogen and oxygen atoms in total. The van der Waals surface area contributed by atoms with Gasteiger partial charge in [-0.1, -0.05) is 42.5 Å². The van der Waals surface area contributed by atoms with E-state index >= 15 is 0 Å². The minimum atomic E-state index is -0.645. The monoisotopic (exact) mass is 407 g/mol. The fourth-order valence-corrected chi connectivity index (χ4v) is 3.12. The van der Waals surface area contributed by atoms with E-state index in [0.717, 1.165) is 10.5 Å². The number of carbonyl (C=O) groups excluding carboxylic acids is 3. The lowest BCUT2D eigenvalue weighted by molar-refractivity contribution is -0.124. The van der Waals surface area contributed by atoms with Crippen molar-refractivity contribution in [1.82, 2.24) is 4.90 Å². The summed E-state index contributed by atoms with van der Waals surface area (Å²) < 4.78 is 10.5. The third-order valence-corrected chi connectivity index (χ3v) is 4.45. The smallest absolute Gasteiger partial charge is 0.417 e. The highest BCUT2D eigenvalue weighted by molar-refractivity contribution is 6.02. The van der Waals surface area contributed by atoms with E-state index in [1.165, 1.54) is 6.08 Å². The van der Waals surface area contributed by atoms with Crippen LogP contribution in [0.2, 0.25) is 0 Å². The number of carbonyl (C=O) groups is 3. The second-order valence-electron chi connectivity index (χ2n) is 8.09. The van der Waals surface area contributed by atoms with Crippen LogP contribution in [0, 0.1) is 0 Å². The number of benzene rings is 2. The van der Waals surface area contributed by atoms with Gasteiger partial charge in [0.2, 0.25) is 0 Å². The van der Waals surface area contributed by atoms with Crippen molar-refractivity contribution in [3.8, 4) is 0 Å². The van der Waals surface area contributed by atoms with Gasteiger partial charge in [0.15, 0.2) is 0 Å². The summed E-state index contributed by atoms with van der Waals surface area (Å²) in [5, 5.41) is 0. The van der Waals surface area contributed by atoms with Gasteiger partial charge in [0.05, 0.1) is 11.6 Å². The molecule has 30 heavy (non-hydrogen) atoms. The second kappa shape index (κ2) is 8.95. The Hall–Kier alpha value is -3.41. The van der Waals surface area contributed by atoms with Crippen molar-refractivity contribution in [3.63, 3.8) is 0 Å². The van der Waals surface area contributed by atoms with Gasteiger partial charge in [0, 0.05) is 6.08 Å². The van der Waals surface area contributed by atoms with E-state index in [0.29, 0.717) is 17.5 Å². The van der Waals surface area contributed by atoms with E-state index < -0.39 is 23.6 Å². The first-order valence-corrected chi connectivity index (χ1v) is 9.78. The highest BCUT2D eigenvalue weighted by Gasteiger charge is 2.36. The van der Waals surface area contributed by atoms with Crippen LogP contribution in [0.5, 0.6) is 0 Å². The molecule has 3 rings (SSSR count). The lowest BCUT2D eigenvalue weighted by Crippen LogP contribution is -2.39. The Balaban J connectivity index is 1.70. The van der Waals surface area contributed by atoms with Crippen LogP contribution in [0.3, 0.4) is 0 Å². The Bertz CT molecular complexity index is 959. The Kier molecular flexibility index (Phi) is 6.35. The SMILES string of the molecule is CC(C)(C)OC(=O)c1cccc(C=CC(=O)N2C(=O)OCC2Cc2ccccc2)c1. The van der Waals surface area contributed by atoms with Gasteiger partial charge in [-0.25, -0.2) is 14.5 Å². The highest BCUT2D eigenvalue weighted by atomic mass is 16.6. The van der Waals surface area contributed by atoms with Crippen LogP contribution in [-0.4, -0.2) is 41.1 Å². The molecule has 1 atom stereocenters. The number of nitrogens with zero attached hydrogens (tertiary/aromatic N) is 1. The number of amides is 2. The van der Waals surface area contributed by atoms with Crippen molar-refractivity contribution in [2.45, 2.75) is 38.8 Å². The first-order chi connectivity index (χ1) is 14.2. The minimum absolute atomic E-state index is 0.168. The number of rotatable bonds is 5. The fraction of sp³-hybridized carbons (Fsp3) is 0.292. The molecule has 0 aromatic heterocycles. The van der Waals surface area contributed by atoms with Crippen LogP contribution in [0.25, 0.3) is 6.08 Å². The van der Waals surface area contributed by atoms with E-state index in [4.69, 9.17) is 9.47 Å². The largest absolute Gasteiger partial charge is 0.456 e. The van der Waals surface area contributed by atoms with Crippen LogP contribution < -0.4 is 0 Å². The lowest BCUT2D eigenvalue weighted by atomic mass is 10.1. The van der Waals surface area contributed by atoms with Gasteiger partial charge >= 0.3 is 12.1 Å². The van der Waals surface area contributed by atoms with Crippen molar-refractivity contribution in [1.29, 1.82) is 0 Å². The first-order valence-electron chi connectivity index (χ1n) is 9.78. The average molecular weight is 407 g/mol. The zero-order chi connectivity index (χ0) is 21.7. The molecule has 1 fully saturated rings. The van der Waals surface area contributed by atoms with E-state index in [-0.39, 0.29) is 12.6 Å². The molecule has 1 heterocycles.